The number of halogens is 3. The zero-order valence-corrected chi connectivity index (χ0v) is 10.3. The van der Waals surface area contributed by atoms with E-state index in [0.717, 1.165) is 0 Å². The molecule has 0 spiro atoms. The number of hydrogen-bond acceptors (Lipinski definition) is 3. The lowest BCUT2D eigenvalue weighted by molar-refractivity contribution is -0.139. The van der Waals surface area contributed by atoms with E-state index in [1.807, 2.05) is 0 Å². The van der Waals surface area contributed by atoms with Crippen molar-refractivity contribution in [3.8, 4) is 0 Å². The maximum atomic E-state index is 12.8. The number of carbonyl (C=O) groups excluding carboxylic acids is 1. The van der Waals surface area contributed by atoms with Crippen LogP contribution in [0.3, 0.4) is 0 Å². The largest absolute Gasteiger partial charge is 0.469 e. The first kappa shape index (κ1) is 13.0. The highest BCUT2D eigenvalue weighted by Crippen LogP contribution is 2.30. The number of methoxy groups -OCH3 is 1. The molecular weight excluding hydrogens is 284 g/mol. The Kier molecular flexibility index (Phi) is 4.35. The Bertz CT molecular complexity index is 410. The van der Waals surface area contributed by atoms with E-state index >= 15 is 0 Å². The number of aromatic nitrogens is 1. The molecule has 0 atom stereocenters. The number of hydrogen-bond donors (Lipinski definition) is 0. The van der Waals surface area contributed by atoms with Gasteiger partial charge in [-0.05, 0) is 34.0 Å². The molecule has 0 radical (unpaired) electrons. The Morgan fingerprint density at radius 3 is 2.75 bits per heavy atom. The highest BCUT2D eigenvalue weighted by Gasteiger charge is 2.20. The minimum Gasteiger partial charge on any atom is -0.469 e. The summed E-state index contributed by atoms with van der Waals surface area (Å²) in [5.74, 6) is -0.564. The first-order valence-corrected chi connectivity index (χ1v) is 5.25. The third-order valence-corrected chi connectivity index (χ3v) is 2.97. The number of ether oxygens (including phenoxy) is 1. The fraction of sp³-hybridized carbons (Fsp3) is 0.400. The molecule has 0 aliphatic rings. The molecule has 1 aromatic heterocycles. The molecule has 0 aliphatic carbocycles. The Hall–Kier alpha value is -1.04. The second-order valence-corrected chi connectivity index (χ2v) is 3.92. The first-order valence-electron chi connectivity index (χ1n) is 4.46. The summed E-state index contributed by atoms with van der Waals surface area (Å²) in [4.78, 5) is 14.9. The lowest BCUT2D eigenvalue weighted by Gasteiger charge is -2.11. The molecule has 0 amide bonds. The van der Waals surface area contributed by atoms with Gasteiger partial charge in [0.2, 0.25) is 0 Å². The molecular formula is C10H10BrF2NO2. The molecule has 0 saturated carbocycles. The van der Waals surface area contributed by atoms with E-state index in [4.69, 9.17) is 0 Å². The van der Waals surface area contributed by atoms with Gasteiger partial charge in [-0.1, -0.05) is 0 Å². The second kappa shape index (κ2) is 5.34. The van der Waals surface area contributed by atoms with E-state index in [0.29, 0.717) is 10.2 Å². The zero-order valence-electron chi connectivity index (χ0n) is 8.76. The number of esters is 1. The molecule has 1 rings (SSSR count). The van der Waals surface area contributed by atoms with Crippen LogP contribution in [0.2, 0.25) is 0 Å². The molecule has 0 saturated heterocycles. The van der Waals surface area contributed by atoms with Gasteiger partial charge in [-0.25, -0.2) is 13.8 Å². The number of alkyl halides is 2. The van der Waals surface area contributed by atoms with Gasteiger partial charge in [0.15, 0.2) is 0 Å². The maximum Gasteiger partial charge on any atom is 0.310 e. The van der Waals surface area contributed by atoms with E-state index < -0.39 is 12.4 Å². The predicted octanol–water partition coefficient (Wildman–Crippen LogP) is 2.81. The quantitative estimate of drug-likeness (QED) is 0.635. The van der Waals surface area contributed by atoms with Crippen molar-refractivity contribution >= 4 is 21.9 Å². The van der Waals surface area contributed by atoms with Crippen LogP contribution in [0.5, 0.6) is 0 Å². The van der Waals surface area contributed by atoms with E-state index in [2.05, 4.69) is 25.7 Å². The zero-order chi connectivity index (χ0) is 12.3. The molecule has 0 unspecified atom stereocenters. The highest BCUT2D eigenvalue weighted by atomic mass is 79.9. The molecule has 0 bridgehead atoms. The van der Waals surface area contributed by atoms with Crippen LogP contribution in [-0.4, -0.2) is 18.1 Å². The third kappa shape index (κ3) is 2.75. The SMILES string of the molecule is COC(=O)Cc1cnc(Br)c(C)c1C(F)F. The normalized spacial score (nSPS) is 10.6. The monoisotopic (exact) mass is 293 g/mol. The molecule has 0 aliphatic heterocycles. The minimum absolute atomic E-state index is 0.160. The van der Waals surface area contributed by atoms with E-state index in [1.54, 1.807) is 0 Å². The van der Waals surface area contributed by atoms with Crippen molar-refractivity contribution in [2.75, 3.05) is 7.11 Å². The summed E-state index contributed by atoms with van der Waals surface area (Å²) < 4.78 is 30.4. The molecule has 88 valence electrons. The minimum atomic E-state index is -2.64. The highest BCUT2D eigenvalue weighted by molar-refractivity contribution is 9.10. The van der Waals surface area contributed by atoms with Crippen LogP contribution in [0.15, 0.2) is 10.8 Å². The Morgan fingerprint density at radius 2 is 2.25 bits per heavy atom. The fourth-order valence-electron chi connectivity index (χ4n) is 1.33. The fourth-order valence-corrected chi connectivity index (χ4v) is 1.64. The van der Waals surface area contributed by atoms with Crippen LogP contribution < -0.4 is 0 Å². The lowest BCUT2D eigenvalue weighted by atomic mass is 10.0. The average Bonchev–Trinajstić information content (AvgIpc) is 2.23. The molecule has 3 nitrogen and oxygen atoms in total. The molecule has 1 aromatic rings. The average molecular weight is 294 g/mol. The van der Waals surface area contributed by atoms with Gasteiger partial charge in [0.1, 0.15) is 4.60 Å². The van der Waals surface area contributed by atoms with Gasteiger partial charge in [0.25, 0.3) is 6.43 Å². The molecule has 1 heterocycles. The van der Waals surface area contributed by atoms with Crippen molar-refractivity contribution in [1.29, 1.82) is 0 Å². The summed E-state index contributed by atoms with van der Waals surface area (Å²) >= 11 is 3.07. The van der Waals surface area contributed by atoms with Crippen LogP contribution in [0.4, 0.5) is 8.78 Å². The van der Waals surface area contributed by atoms with Crippen molar-refractivity contribution in [3.63, 3.8) is 0 Å². The molecule has 0 fully saturated rings. The van der Waals surface area contributed by atoms with Gasteiger partial charge in [0.05, 0.1) is 13.5 Å². The molecule has 6 heteroatoms. The van der Waals surface area contributed by atoms with Crippen LogP contribution >= 0.6 is 15.9 Å². The number of pyridine rings is 1. The summed E-state index contributed by atoms with van der Waals surface area (Å²) in [7, 11) is 1.21. The number of carbonyl (C=O) groups is 1. The van der Waals surface area contributed by atoms with Gasteiger partial charge in [-0.15, -0.1) is 0 Å². The van der Waals surface area contributed by atoms with Crippen molar-refractivity contribution < 1.29 is 18.3 Å². The van der Waals surface area contributed by atoms with Crippen molar-refractivity contribution in [2.24, 2.45) is 0 Å². The van der Waals surface area contributed by atoms with E-state index in [-0.39, 0.29) is 17.5 Å². The third-order valence-electron chi connectivity index (χ3n) is 2.17. The van der Waals surface area contributed by atoms with Gasteiger partial charge in [-0.3, -0.25) is 4.79 Å². The van der Waals surface area contributed by atoms with E-state index in [9.17, 15) is 13.6 Å². The van der Waals surface area contributed by atoms with Crippen LogP contribution in [0, 0.1) is 6.92 Å². The second-order valence-electron chi connectivity index (χ2n) is 3.17. The number of rotatable bonds is 3. The predicted molar refractivity (Wildman–Crippen MR) is 57.4 cm³/mol. The van der Waals surface area contributed by atoms with Crippen LogP contribution in [0.1, 0.15) is 23.1 Å². The summed E-state index contributed by atoms with van der Waals surface area (Å²) in [6, 6.07) is 0. The molecule has 0 aromatic carbocycles. The Morgan fingerprint density at radius 1 is 1.62 bits per heavy atom. The molecule has 0 N–H and O–H groups in total. The first-order chi connectivity index (χ1) is 7.47. The number of nitrogens with zero attached hydrogens (tertiary/aromatic N) is 1. The summed E-state index contributed by atoms with van der Waals surface area (Å²) in [6.45, 7) is 1.53. The summed E-state index contributed by atoms with van der Waals surface area (Å²) in [6.07, 6.45) is -1.58. The van der Waals surface area contributed by atoms with Gasteiger partial charge in [0, 0.05) is 11.8 Å². The summed E-state index contributed by atoms with van der Waals surface area (Å²) in [5, 5.41) is 0. The van der Waals surface area contributed by atoms with Crippen molar-refractivity contribution in [3.05, 3.63) is 27.5 Å². The topological polar surface area (TPSA) is 39.2 Å². The van der Waals surface area contributed by atoms with Gasteiger partial charge < -0.3 is 4.74 Å². The van der Waals surface area contributed by atoms with Crippen molar-refractivity contribution in [2.45, 2.75) is 19.8 Å². The van der Waals surface area contributed by atoms with Crippen LogP contribution in [0.25, 0.3) is 0 Å². The van der Waals surface area contributed by atoms with Crippen molar-refractivity contribution in [1.82, 2.24) is 4.98 Å². The lowest BCUT2D eigenvalue weighted by Crippen LogP contribution is -2.09. The maximum absolute atomic E-state index is 12.8. The Balaban J connectivity index is 3.18. The van der Waals surface area contributed by atoms with Gasteiger partial charge >= 0.3 is 5.97 Å². The Labute approximate surface area is 99.9 Å². The van der Waals surface area contributed by atoms with Crippen LogP contribution in [-0.2, 0) is 16.0 Å². The van der Waals surface area contributed by atoms with E-state index in [1.165, 1.54) is 20.2 Å². The van der Waals surface area contributed by atoms with Gasteiger partial charge in [-0.2, -0.15) is 0 Å². The standard InChI is InChI=1S/C10H10BrF2NO2/c1-5-8(10(12)13)6(3-7(15)16-2)4-14-9(5)11/h4,10H,3H2,1-2H3. The summed E-state index contributed by atoms with van der Waals surface area (Å²) in [5.41, 5.74) is 0.381. The molecule has 16 heavy (non-hydrogen) atoms. The smallest absolute Gasteiger partial charge is 0.310 e.